The Balaban J connectivity index is 1.67. The van der Waals surface area contributed by atoms with Gasteiger partial charge in [0.1, 0.15) is 10.6 Å². The number of aromatic nitrogens is 2. The first-order chi connectivity index (χ1) is 17.3. The summed E-state index contributed by atoms with van der Waals surface area (Å²) in [7, 11) is -3.42. The molecule has 1 atom stereocenters. The van der Waals surface area contributed by atoms with Gasteiger partial charge in [0.15, 0.2) is 15.7 Å². The van der Waals surface area contributed by atoms with Gasteiger partial charge in [0, 0.05) is 23.9 Å². The van der Waals surface area contributed by atoms with Gasteiger partial charge >= 0.3 is 6.03 Å². The Kier molecular flexibility index (Phi) is 7.51. The second kappa shape index (κ2) is 10.2. The summed E-state index contributed by atoms with van der Waals surface area (Å²) in [5.74, 6) is 1.09. The number of amides is 2. The molecule has 2 heterocycles. The van der Waals surface area contributed by atoms with Crippen molar-refractivity contribution >= 4 is 27.4 Å². The van der Waals surface area contributed by atoms with Gasteiger partial charge in [-0.2, -0.15) is 0 Å². The smallest absolute Gasteiger partial charge is 0.319 e. The van der Waals surface area contributed by atoms with E-state index >= 15 is 0 Å². The fraction of sp³-hybridized carbons (Fsp3) is 0.577. The molecule has 1 saturated heterocycles. The molecule has 1 aliphatic heterocycles. The van der Waals surface area contributed by atoms with Gasteiger partial charge in [0.25, 0.3) is 0 Å². The lowest BCUT2D eigenvalue weighted by Gasteiger charge is -2.35. The Bertz CT molecular complexity index is 1240. The second-order valence-electron chi connectivity index (χ2n) is 11.0. The molecule has 37 heavy (non-hydrogen) atoms. The fourth-order valence-electron chi connectivity index (χ4n) is 4.24. The lowest BCUT2D eigenvalue weighted by molar-refractivity contribution is 0.0985. The van der Waals surface area contributed by atoms with Gasteiger partial charge < -0.3 is 25.4 Å². The molecule has 4 rings (SSSR count). The minimum absolute atomic E-state index is 0.0840. The van der Waals surface area contributed by atoms with Gasteiger partial charge in [0.2, 0.25) is 0 Å². The standard InChI is InChI=1S/C26H37N5O5S/c1-17-15-36-13-12-31(17)22-14-21(26(4,5)37(34,35)20-10-11-20)28-23(29-22)18-6-8-19(9-7-18)27-24(33)30-25(2,3)16-32/h6-9,14,17,20,32H,10-13,15-16H2,1-5H3,(H2,27,30,33)/t17-/m0/s1. The van der Waals surface area contributed by atoms with E-state index in [9.17, 15) is 18.3 Å². The largest absolute Gasteiger partial charge is 0.394 e. The maximum Gasteiger partial charge on any atom is 0.319 e. The van der Waals surface area contributed by atoms with Crippen molar-refractivity contribution in [3.05, 3.63) is 36.0 Å². The van der Waals surface area contributed by atoms with E-state index in [-0.39, 0.29) is 17.9 Å². The average Bonchev–Trinajstić information content (AvgIpc) is 3.70. The highest BCUT2D eigenvalue weighted by Gasteiger charge is 2.48. The van der Waals surface area contributed by atoms with Crippen LogP contribution in [-0.4, -0.2) is 72.7 Å². The number of urea groups is 1. The topological polar surface area (TPSA) is 134 Å². The highest BCUT2D eigenvalue weighted by atomic mass is 32.2. The van der Waals surface area contributed by atoms with Crippen LogP contribution in [0.3, 0.4) is 0 Å². The molecule has 0 bridgehead atoms. The highest BCUT2D eigenvalue weighted by molar-refractivity contribution is 7.93. The summed E-state index contributed by atoms with van der Waals surface area (Å²) in [6.07, 6.45) is 1.38. The van der Waals surface area contributed by atoms with Gasteiger partial charge in [-0.25, -0.2) is 23.2 Å². The molecule has 0 spiro atoms. The summed E-state index contributed by atoms with van der Waals surface area (Å²) in [6.45, 7) is 10.5. The maximum absolute atomic E-state index is 13.3. The maximum atomic E-state index is 13.3. The third-order valence-corrected chi connectivity index (χ3v) is 9.89. The van der Waals surface area contributed by atoms with E-state index in [1.54, 1.807) is 58.0 Å². The number of anilines is 2. The first kappa shape index (κ1) is 27.3. The van der Waals surface area contributed by atoms with Crippen LogP contribution < -0.4 is 15.5 Å². The van der Waals surface area contributed by atoms with Crippen molar-refractivity contribution in [2.75, 3.05) is 36.6 Å². The molecule has 1 aromatic heterocycles. The quantitative estimate of drug-likeness (QED) is 0.473. The molecule has 11 heteroatoms. The van der Waals surface area contributed by atoms with Crippen LogP contribution in [0.2, 0.25) is 0 Å². The van der Waals surface area contributed by atoms with Gasteiger partial charge in [-0.05, 0) is 71.7 Å². The molecule has 1 aromatic carbocycles. The predicted octanol–water partition coefficient (Wildman–Crippen LogP) is 3.07. The number of morpholine rings is 1. The Labute approximate surface area is 218 Å². The van der Waals surface area contributed by atoms with Gasteiger partial charge in [0.05, 0.1) is 42.3 Å². The molecule has 2 aromatic rings. The van der Waals surface area contributed by atoms with Crippen LogP contribution in [0.25, 0.3) is 11.4 Å². The van der Waals surface area contributed by atoms with Crippen molar-refractivity contribution in [3.63, 3.8) is 0 Å². The molecule has 202 valence electrons. The number of ether oxygens (including phenoxy) is 1. The summed E-state index contributed by atoms with van der Waals surface area (Å²) >= 11 is 0. The first-order valence-corrected chi connectivity index (χ1v) is 14.2. The number of aliphatic hydroxyl groups excluding tert-OH is 1. The van der Waals surface area contributed by atoms with Crippen LogP contribution in [-0.2, 0) is 19.3 Å². The molecule has 10 nitrogen and oxygen atoms in total. The number of benzene rings is 1. The van der Waals surface area contributed by atoms with Gasteiger partial charge in [-0.1, -0.05) is 0 Å². The van der Waals surface area contributed by atoms with Crippen LogP contribution >= 0.6 is 0 Å². The number of nitrogens with one attached hydrogen (secondary N) is 2. The van der Waals surface area contributed by atoms with Crippen molar-refractivity contribution in [3.8, 4) is 11.4 Å². The van der Waals surface area contributed by atoms with Crippen LogP contribution in [0.4, 0.5) is 16.3 Å². The number of rotatable bonds is 8. The van der Waals surface area contributed by atoms with Crippen LogP contribution in [0.1, 0.15) is 53.2 Å². The number of carbonyl (C=O) groups is 1. The third kappa shape index (κ3) is 5.89. The van der Waals surface area contributed by atoms with Crippen LogP contribution in [0.15, 0.2) is 30.3 Å². The molecule has 1 saturated carbocycles. The average molecular weight is 532 g/mol. The third-order valence-electron chi connectivity index (χ3n) is 6.91. The van der Waals surface area contributed by atoms with Crippen LogP contribution in [0.5, 0.6) is 0 Å². The fourth-order valence-corrected chi connectivity index (χ4v) is 6.23. The summed E-state index contributed by atoms with van der Waals surface area (Å²) in [5, 5.41) is 14.5. The summed E-state index contributed by atoms with van der Waals surface area (Å²) < 4.78 is 31.1. The molecule has 2 amide bonds. The Hall–Kier alpha value is -2.76. The Morgan fingerprint density at radius 2 is 1.84 bits per heavy atom. The molecule has 0 radical (unpaired) electrons. The lowest BCUT2D eigenvalue weighted by atomic mass is 10.1. The Morgan fingerprint density at radius 3 is 2.43 bits per heavy atom. The van der Waals surface area contributed by atoms with E-state index in [0.717, 1.165) is 0 Å². The van der Waals surface area contributed by atoms with E-state index in [1.807, 2.05) is 0 Å². The van der Waals surface area contributed by atoms with Crippen LogP contribution in [0, 0.1) is 0 Å². The molecule has 2 aliphatic rings. The molecule has 1 aliphatic carbocycles. The van der Waals surface area contributed by atoms with E-state index in [1.165, 1.54) is 0 Å². The Morgan fingerprint density at radius 1 is 1.16 bits per heavy atom. The normalized spacial score (nSPS) is 19.0. The summed E-state index contributed by atoms with van der Waals surface area (Å²) in [5.41, 5.74) is 0.972. The predicted molar refractivity (Wildman–Crippen MR) is 143 cm³/mol. The number of aliphatic hydroxyl groups is 1. The minimum atomic E-state index is -3.42. The van der Waals surface area contributed by atoms with Crippen molar-refractivity contribution in [2.24, 2.45) is 0 Å². The molecule has 3 N–H and O–H groups in total. The molecular formula is C26H37N5O5S. The second-order valence-corrected chi connectivity index (χ2v) is 13.8. The number of sulfone groups is 1. The van der Waals surface area contributed by atoms with E-state index in [2.05, 4.69) is 22.5 Å². The zero-order chi connectivity index (χ0) is 27.0. The molecule has 2 fully saturated rings. The zero-order valence-electron chi connectivity index (χ0n) is 22.1. The number of carbonyl (C=O) groups excluding carboxylic acids is 1. The lowest BCUT2D eigenvalue weighted by Crippen LogP contribution is -2.48. The number of hydrogen-bond acceptors (Lipinski definition) is 8. The van der Waals surface area contributed by atoms with Gasteiger partial charge in [-0.15, -0.1) is 0 Å². The van der Waals surface area contributed by atoms with Gasteiger partial charge in [-0.3, -0.25) is 0 Å². The first-order valence-electron chi connectivity index (χ1n) is 12.6. The van der Waals surface area contributed by atoms with Crippen molar-refractivity contribution in [1.29, 1.82) is 0 Å². The monoisotopic (exact) mass is 531 g/mol. The molecule has 0 unspecified atom stereocenters. The number of nitrogens with zero attached hydrogens (tertiary/aromatic N) is 3. The summed E-state index contributed by atoms with van der Waals surface area (Å²) in [4.78, 5) is 24.0. The zero-order valence-corrected chi connectivity index (χ0v) is 22.9. The summed E-state index contributed by atoms with van der Waals surface area (Å²) in [6, 6.07) is 8.51. The molecular weight excluding hydrogens is 494 g/mol. The minimum Gasteiger partial charge on any atom is -0.394 e. The highest BCUT2D eigenvalue weighted by Crippen LogP contribution is 2.42. The van der Waals surface area contributed by atoms with E-state index in [0.29, 0.717) is 61.2 Å². The van der Waals surface area contributed by atoms with E-state index in [4.69, 9.17) is 14.7 Å². The van der Waals surface area contributed by atoms with Crippen molar-refractivity contribution < 1.29 is 23.1 Å². The van der Waals surface area contributed by atoms with Crippen molar-refractivity contribution in [2.45, 2.75) is 69.0 Å². The van der Waals surface area contributed by atoms with Crippen molar-refractivity contribution in [1.82, 2.24) is 15.3 Å². The number of hydrogen-bond donors (Lipinski definition) is 3. The van der Waals surface area contributed by atoms with E-state index < -0.39 is 26.2 Å². The SMILES string of the molecule is C[C@H]1COCCN1c1cc(C(C)(C)S(=O)(=O)C2CC2)nc(-c2ccc(NC(=O)NC(C)(C)CO)cc2)n1.